The van der Waals surface area contributed by atoms with Crippen molar-refractivity contribution in [3.05, 3.63) is 0 Å². The van der Waals surface area contributed by atoms with E-state index in [0.717, 1.165) is 32.6 Å². The number of hydrogen-bond donors (Lipinski definition) is 1. The highest BCUT2D eigenvalue weighted by Gasteiger charge is 2.38. The normalized spacial score (nSPS) is 39.8. The highest BCUT2D eigenvalue weighted by molar-refractivity contribution is 4.89. The Bertz CT molecular complexity index is 228. The van der Waals surface area contributed by atoms with Crippen LogP contribution in [0.5, 0.6) is 0 Å². The average molecular weight is 229 g/mol. The second-order valence-corrected chi connectivity index (χ2v) is 5.31. The number of aliphatic hydroxyl groups excluding tert-OH is 1. The van der Waals surface area contributed by atoms with Crippen LogP contribution < -0.4 is 0 Å². The first-order chi connectivity index (χ1) is 7.67. The molecule has 2 rings (SSSR count). The molecule has 0 aromatic rings. The predicted octanol–water partition coefficient (Wildman–Crippen LogP) is 0.495. The van der Waals surface area contributed by atoms with E-state index in [0.29, 0.717) is 18.8 Å². The molecule has 3 unspecified atom stereocenters. The Morgan fingerprint density at radius 2 is 2.25 bits per heavy atom. The van der Waals surface area contributed by atoms with Crippen LogP contribution in [0, 0.1) is 5.41 Å². The average Bonchev–Trinajstić information content (AvgIpc) is 2.87. The van der Waals surface area contributed by atoms with E-state index in [9.17, 15) is 5.11 Å². The summed E-state index contributed by atoms with van der Waals surface area (Å²) in [4.78, 5) is 2.34. The molecule has 0 bridgehead atoms. The van der Waals surface area contributed by atoms with E-state index in [4.69, 9.17) is 9.47 Å². The van der Waals surface area contributed by atoms with Crippen LogP contribution in [0.1, 0.15) is 19.8 Å². The van der Waals surface area contributed by atoms with Crippen molar-refractivity contribution in [1.82, 2.24) is 4.90 Å². The molecule has 4 nitrogen and oxygen atoms in total. The fourth-order valence-electron chi connectivity index (χ4n) is 2.89. The molecule has 0 amide bonds. The highest BCUT2D eigenvalue weighted by Crippen LogP contribution is 2.31. The SMILES string of the molecule is CC1OCCC1N(C)CC1(CO)CCOC1. The third kappa shape index (κ3) is 2.40. The fraction of sp³-hybridized carbons (Fsp3) is 1.00. The van der Waals surface area contributed by atoms with E-state index in [-0.39, 0.29) is 12.0 Å². The molecule has 4 heteroatoms. The van der Waals surface area contributed by atoms with Gasteiger partial charge in [0.15, 0.2) is 0 Å². The molecule has 3 atom stereocenters. The standard InChI is InChI=1S/C12H23NO3/c1-10-11(3-5-16-10)13(2)7-12(8-14)4-6-15-9-12/h10-11,14H,3-9H2,1-2H3. The summed E-state index contributed by atoms with van der Waals surface area (Å²) in [5, 5.41) is 9.54. The van der Waals surface area contributed by atoms with E-state index >= 15 is 0 Å². The van der Waals surface area contributed by atoms with Crippen molar-refractivity contribution in [2.45, 2.75) is 31.9 Å². The first kappa shape index (κ1) is 12.3. The third-order valence-electron chi connectivity index (χ3n) is 4.01. The van der Waals surface area contributed by atoms with Gasteiger partial charge in [-0.2, -0.15) is 0 Å². The molecule has 2 saturated heterocycles. The van der Waals surface area contributed by atoms with Crippen molar-refractivity contribution < 1.29 is 14.6 Å². The maximum Gasteiger partial charge on any atom is 0.0702 e. The minimum atomic E-state index is -0.0446. The van der Waals surface area contributed by atoms with Gasteiger partial charge in [-0.25, -0.2) is 0 Å². The van der Waals surface area contributed by atoms with Crippen LogP contribution in [0.15, 0.2) is 0 Å². The van der Waals surface area contributed by atoms with Gasteiger partial charge in [0.2, 0.25) is 0 Å². The predicted molar refractivity (Wildman–Crippen MR) is 61.4 cm³/mol. The molecule has 2 aliphatic rings. The smallest absolute Gasteiger partial charge is 0.0702 e. The van der Waals surface area contributed by atoms with Gasteiger partial charge in [0.1, 0.15) is 0 Å². The van der Waals surface area contributed by atoms with Crippen molar-refractivity contribution in [2.75, 3.05) is 40.0 Å². The van der Waals surface area contributed by atoms with Crippen LogP contribution in [-0.4, -0.2) is 62.2 Å². The Hall–Kier alpha value is -0.160. The summed E-state index contributed by atoms with van der Waals surface area (Å²) in [6.45, 7) is 5.59. The maximum absolute atomic E-state index is 9.54. The molecule has 2 aliphatic heterocycles. The summed E-state index contributed by atoms with van der Waals surface area (Å²) in [6.07, 6.45) is 2.37. The van der Waals surface area contributed by atoms with Crippen LogP contribution in [0.4, 0.5) is 0 Å². The molecule has 0 saturated carbocycles. The van der Waals surface area contributed by atoms with Gasteiger partial charge in [-0.15, -0.1) is 0 Å². The zero-order valence-corrected chi connectivity index (χ0v) is 10.3. The van der Waals surface area contributed by atoms with Crippen molar-refractivity contribution in [2.24, 2.45) is 5.41 Å². The molecule has 0 aromatic heterocycles. The molecular weight excluding hydrogens is 206 g/mol. The number of rotatable bonds is 4. The van der Waals surface area contributed by atoms with Crippen molar-refractivity contribution in [3.63, 3.8) is 0 Å². The number of likely N-dealkylation sites (N-methyl/N-ethyl adjacent to an activating group) is 1. The van der Waals surface area contributed by atoms with Gasteiger partial charge in [0.05, 0.1) is 19.3 Å². The van der Waals surface area contributed by atoms with E-state index in [1.165, 1.54) is 0 Å². The quantitative estimate of drug-likeness (QED) is 0.762. The number of nitrogens with zero attached hydrogens (tertiary/aromatic N) is 1. The Kier molecular flexibility index (Phi) is 3.85. The molecule has 16 heavy (non-hydrogen) atoms. The van der Waals surface area contributed by atoms with Gasteiger partial charge in [0, 0.05) is 31.2 Å². The zero-order chi connectivity index (χ0) is 11.6. The van der Waals surface area contributed by atoms with Crippen LogP contribution in [0.3, 0.4) is 0 Å². The summed E-state index contributed by atoms with van der Waals surface area (Å²) in [7, 11) is 2.13. The Labute approximate surface area is 97.5 Å². The first-order valence-electron chi connectivity index (χ1n) is 6.17. The maximum atomic E-state index is 9.54. The van der Waals surface area contributed by atoms with E-state index in [2.05, 4.69) is 18.9 Å². The van der Waals surface area contributed by atoms with Crippen LogP contribution in [-0.2, 0) is 9.47 Å². The number of hydrogen-bond acceptors (Lipinski definition) is 4. The molecule has 0 spiro atoms. The third-order valence-corrected chi connectivity index (χ3v) is 4.01. The summed E-state index contributed by atoms with van der Waals surface area (Å²) in [5.41, 5.74) is -0.0446. The van der Waals surface area contributed by atoms with Gasteiger partial charge in [-0.05, 0) is 26.8 Å². The second-order valence-electron chi connectivity index (χ2n) is 5.31. The number of ether oxygens (including phenoxy) is 2. The Morgan fingerprint density at radius 3 is 2.75 bits per heavy atom. The van der Waals surface area contributed by atoms with Crippen molar-refractivity contribution >= 4 is 0 Å². The van der Waals surface area contributed by atoms with Crippen LogP contribution in [0.2, 0.25) is 0 Å². The molecule has 1 N–H and O–H groups in total. The van der Waals surface area contributed by atoms with Crippen LogP contribution >= 0.6 is 0 Å². The van der Waals surface area contributed by atoms with Gasteiger partial charge >= 0.3 is 0 Å². The largest absolute Gasteiger partial charge is 0.396 e. The Balaban J connectivity index is 1.92. The minimum absolute atomic E-state index is 0.0446. The molecule has 0 radical (unpaired) electrons. The van der Waals surface area contributed by atoms with Gasteiger partial charge in [-0.3, -0.25) is 0 Å². The van der Waals surface area contributed by atoms with Crippen molar-refractivity contribution in [3.8, 4) is 0 Å². The van der Waals surface area contributed by atoms with E-state index < -0.39 is 0 Å². The van der Waals surface area contributed by atoms with Crippen molar-refractivity contribution in [1.29, 1.82) is 0 Å². The summed E-state index contributed by atoms with van der Waals surface area (Å²) in [6, 6.07) is 0.490. The van der Waals surface area contributed by atoms with E-state index in [1.54, 1.807) is 0 Å². The first-order valence-corrected chi connectivity index (χ1v) is 6.17. The van der Waals surface area contributed by atoms with Gasteiger partial charge < -0.3 is 19.5 Å². The second kappa shape index (κ2) is 5.00. The lowest BCUT2D eigenvalue weighted by molar-refractivity contribution is 0.0317. The summed E-state index contributed by atoms with van der Waals surface area (Å²) < 4.78 is 11.0. The molecule has 0 aromatic carbocycles. The highest BCUT2D eigenvalue weighted by atomic mass is 16.5. The lowest BCUT2D eigenvalue weighted by Crippen LogP contribution is -2.45. The fourth-order valence-corrected chi connectivity index (χ4v) is 2.89. The van der Waals surface area contributed by atoms with Gasteiger partial charge in [-0.1, -0.05) is 0 Å². The van der Waals surface area contributed by atoms with Gasteiger partial charge in [0.25, 0.3) is 0 Å². The summed E-state index contributed by atoms with van der Waals surface area (Å²) >= 11 is 0. The molecule has 0 aliphatic carbocycles. The topological polar surface area (TPSA) is 41.9 Å². The molecule has 2 fully saturated rings. The monoisotopic (exact) mass is 229 g/mol. The molecular formula is C12H23NO3. The molecule has 2 heterocycles. The zero-order valence-electron chi connectivity index (χ0n) is 10.3. The minimum Gasteiger partial charge on any atom is -0.396 e. The lowest BCUT2D eigenvalue weighted by atomic mass is 9.87. The summed E-state index contributed by atoms with van der Waals surface area (Å²) in [5.74, 6) is 0. The molecule has 94 valence electrons. The van der Waals surface area contributed by atoms with E-state index in [1.807, 2.05) is 0 Å². The Morgan fingerprint density at radius 1 is 1.44 bits per heavy atom. The van der Waals surface area contributed by atoms with Crippen LogP contribution in [0.25, 0.3) is 0 Å². The number of aliphatic hydroxyl groups is 1. The lowest BCUT2D eigenvalue weighted by Gasteiger charge is -2.34.